The highest BCUT2D eigenvalue weighted by Gasteiger charge is 2.11. The van der Waals surface area contributed by atoms with Gasteiger partial charge in [0.25, 0.3) is 0 Å². The van der Waals surface area contributed by atoms with Crippen LogP contribution in [0.4, 0.5) is 11.4 Å². The van der Waals surface area contributed by atoms with Crippen molar-refractivity contribution in [2.45, 2.75) is 0 Å². The van der Waals surface area contributed by atoms with Gasteiger partial charge in [-0.3, -0.25) is 0 Å². The van der Waals surface area contributed by atoms with Crippen LogP contribution in [0.15, 0.2) is 53.8 Å². The van der Waals surface area contributed by atoms with Crippen molar-refractivity contribution in [1.82, 2.24) is 0 Å². The molecular formula is C14H9N3O3. The predicted octanol–water partition coefficient (Wildman–Crippen LogP) is 3.08. The average Bonchev–Trinajstić information content (AvgIpc) is 2.49. The van der Waals surface area contributed by atoms with Crippen molar-refractivity contribution in [3.63, 3.8) is 0 Å². The fraction of sp³-hybridized carbons (Fsp3) is 0. The highest BCUT2D eigenvalue weighted by molar-refractivity contribution is 5.88. The van der Waals surface area contributed by atoms with Gasteiger partial charge >= 0.3 is 5.97 Å². The van der Waals surface area contributed by atoms with E-state index in [4.69, 9.17) is 10.4 Å². The summed E-state index contributed by atoms with van der Waals surface area (Å²) in [5.74, 6) is -1.04. The van der Waals surface area contributed by atoms with Gasteiger partial charge in [0.2, 0.25) is 0 Å². The second-order valence-electron chi connectivity index (χ2n) is 3.90. The molecule has 0 aromatic heterocycles. The number of benzene rings is 2. The molecule has 2 rings (SSSR count). The van der Waals surface area contributed by atoms with Crippen LogP contribution in [0.25, 0.3) is 0 Å². The monoisotopic (exact) mass is 267 g/mol. The summed E-state index contributed by atoms with van der Waals surface area (Å²) in [5, 5.41) is 21.6. The molecule has 6 nitrogen and oxygen atoms in total. The summed E-state index contributed by atoms with van der Waals surface area (Å²) in [6.45, 7) is 0. The first-order chi connectivity index (χ1) is 9.65. The van der Waals surface area contributed by atoms with Gasteiger partial charge in [0, 0.05) is 0 Å². The standard InChI is InChI=1S/C14H9N3O3/c15-9-10-1-5-12(6-2-10)17(16-20)13-7-3-11(4-8-13)14(18)19/h1-8H,(H,18,19). The van der Waals surface area contributed by atoms with Crippen molar-refractivity contribution in [3.05, 3.63) is 64.6 Å². The van der Waals surface area contributed by atoms with E-state index in [-0.39, 0.29) is 5.56 Å². The molecule has 0 aliphatic heterocycles. The third kappa shape index (κ3) is 2.62. The molecular weight excluding hydrogens is 258 g/mol. The smallest absolute Gasteiger partial charge is 0.335 e. The number of nitriles is 1. The Morgan fingerprint density at radius 1 is 1.05 bits per heavy atom. The summed E-state index contributed by atoms with van der Waals surface area (Å²) in [6, 6.07) is 14.0. The van der Waals surface area contributed by atoms with Crippen molar-refractivity contribution in [3.8, 4) is 6.07 Å². The van der Waals surface area contributed by atoms with Gasteiger partial charge in [-0.05, 0) is 48.5 Å². The Labute approximate surface area is 114 Å². The van der Waals surface area contributed by atoms with Crippen LogP contribution >= 0.6 is 0 Å². The molecule has 0 aliphatic rings. The molecule has 0 amide bonds. The van der Waals surface area contributed by atoms with Gasteiger partial charge in [0.05, 0.1) is 33.9 Å². The van der Waals surface area contributed by atoms with Crippen LogP contribution in [0.1, 0.15) is 15.9 Å². The number of anilines is 2. The van der Waals surface area contributed by atoms with Gasteiger partial charge in [-0.2, -0.15) is 10.3 Å². The minimum absolute atomic E-state index is 0.124. The highest BCUT2D eigenvalue weighted by Crippen LogP contribution is 2.26. The zero-order valence-electron chi connectivity index (χ0n) is 10.2. The fourth-order valence-electron chi connectivity index (χ4n) is 1.67. The third-order valence-electron chi connectivity index (χ3n) is 2.68. The lowest BCUT2D eigenvalue weighted by Crippen LogP contribution is -2.08. The fourth-order valence-corrected chi connectivity index (χ4v) is 1.67. The Kier molecular flexibility index (Phi) is 3.72. The van der Waals surface area contributed by atoms with E-state index >= 15 is 0 Å². The molecule has 20 heavy (non-hydrogen) atoms. The number of carboxylic acids is 1. The van der Waals surface area contributed by atoms with Crippen molar-refractivity contribution in [2.24, 2.45) is 5.29 Å². The largest absolute Gasteiger partial charge is 0.478 e. The Morgan fingerprint density at radius 3 is 1.95 bits per heavy atom. The van der Waals surface area contributed by atoms with E-state index in [1.165, 1.54) is 24.3 Å². The molecule has 98 valence electrons. The van der Waals surface area contributed by atoms with Gasteiger partial charge in [-0.15, -0.1) is 4.91 Å². The predicted molar refractivity (Wildman–Crippen MR) is 72.5 cm³/mol. The SMILES string of the molecule is N#Cc1ccc(N(N=O)c2ccc(C(=O)O)cc2)cc1. The van der Waals surface area contributed by atoms with Gasteiger partial charge in [-0.1, -0.05) is 0 Å². The van der Waals surface area contributed by atoms with Crippen LogP contribution in [0.5, 0.6) is 0 Å². The van der Waals surface area contributed by atoms with E-state index in [1.54, 1.807) is 24.3 Å². The van der Waals surface area contributed by atoms with E-state index < -0.39 is 5.97 Å². The summed E-state index contributed by atoms with van der Waals surface area (Å²) in [7, 11) is 0. The van der Waals surface area contributed by atoms with Crippen LogP contribution in [0.3, 0.4) is 0 Å². The third-order valence-corrected chi connectivity index (χ3v) is 2.68. The maximum Gasteiger partial charge on any atom is 0.335 e. The van der Waals surface area contributed by atoms with Crippen molar-refractivity contribution in [1.29, 1.82) is 5.26 Å². The number of carbonyl (C=O) groups is 1. The second-order valence-corrected chi connectivity index (χ2v) is 3.90. The zero-order chi connectivity index (χ0) is 14.5. The van der Waals surface area contributed by atoms with E-state index in [0.29, 0.717) is 16.9 Å². The summed E-state index contributed by atoms with van der Waals surface area (Å²) in [4.78, 5) is 21.7. The number of carboxylic acid groups (broad SMARTS) is 1. The molecule has 0 spiro atoms. The van der Waals surface area contributed by atoms with Gasteiger partial charge in [0.1, 0.15) is 0 Å². The first kappa shape index (κ1) is 13.2. The number of aromatic carboxylic acids is 1. The van der Waals surface area contributed by atoms with E-state index in [1.807, 2.05) is 6.07 Å². The van der Waals surface area contributed by atoms with E-state index in [0.717, 1.165) is 5.01 Å². The van der Waals surface area contributed by atoms with Crippen LogP contribution < -0.4 is 5.01 Å². The Morgan fingerprint density at radius 2 is 1.55 bits per heavy atom. The molecule has 2 aromatic rings. The molecule has 2 aromatic carbocycles. The molecule has 0 bridgehead atoms. The second kappa shape index (κ2) is 5.63. The molecule has 0 saturated heterocycles. The van der Waals surface area contributed by atoms with Crippen molar-refractivity contribution in [2.75, 3.05) is 5.01 Å². The summed E-state index contributed by atoms with van der Waals surface area (Å²) < 4.78 is 0. The maximum atomic E-state index is 11.0. The van der Waals surface area contributed by atoms with Gasteiger partial charge < -0.3 is 5.11 Å². The van der Waals surface area contributed by atoms with Crippen LogP contribution in [0.2, 0.25) is 0 Å². The van der Waals surface area contributed by atoms with Crippen molar-refractivity contribution >= 4 is 17.3 Å². The Balaban J connectivity index is 2.33. The topological polar surface area (TPSA) is 93.8 Å². The van der Waals surface area contributed by atoms with Crippen molar-refractivity contribution < 1.29 is 9.90 Å². The number of hydrogen-bond acceptors (Lipinski definition) is 4. The molecule has 0 heterocycles. The van der Waals surface area contributed by atoms with Crippen LogP contribution in [0, 0.1) is 16.2 Å². The molecule has 0 atom stereocenters. The summed E-state index contributed by atoms with van der Waals surface area (Å²) in [5.41, 5.74) is 1.53. The average molecular weight is 267 g/mol. The lowest BCUT2D eigenvalue weighted by atomic mass is 10.2. The number of rotatable bonds is 4. The quantitative estimate of drug-likeness (QED) is 0.678. The molecule has 0 fully saturated rings. The Hall–Kier alpha value is -3.20. The lowest BCUT2D eigenvalue weighted by Gasteiger charge is -2.15. The number of nitroso groups, excluding NO2 is 1. The maximum absolute atomic E-state index is 11.0. The molecule has 1 N–H and O–H groups in total. The highest BCUT2D eigenvalue weighted by atomic mass is 16.4. The Bertz CT molecular complexity index is 672. The molecule has 6 heteroatoms. The van der Waals surface area contributed by atoms with E-state index in [2.05, 4.69) is 5.29 Å². The molecule has 0 saturated carbocycles. The minimum Gasteiger partial charge on any atom is -0.478 e. The first-order valence-corrected chi connectivity index (χ1v) is 5.62. The lowest BCUT2D eigenvalue weighted by molar-refractivity contribution is 0.0697. The minimum atomic E-state index is -1.04. The number of nitrogens with zero attached hydrogens (tertiary/aromatic N) is 3. The van der Waals surface area contributed by atoms with Gasteiger partial charge in [-0.25, -0.2) is 4.79 Å². The van der Waals surface area contributed by atoms with E-state index in [9.17, 15) is 9.70 Å². The zero-order valence-corrected chi connectivity index (χ0v) is 10.2. The van der Waals surface area contributed by atoms with Crippen LogP contribution in [-0.2, 0) is 0 Å². The first-order valence-electron chi connectivity index (χ1n) is 5.62. The van der Waals surface area contributed by atoms with Crippen LogP contribution in [-0.4, -0.2) is 11.1 Å². The molecule has 0 unspecified atom stereocenters. The normalized spacial score (nSPS) is 9.55. The molecule has 0 aliphatic carbocycles. The summed E-state index contributed by atoms with van der Waals surface area (Å²) >= 11 is 0. The van der Waals surface area contributed by atoms with Gasteiger partial charge in [0.15, 0.2) is 0 Å². The molecule has 0 radical (unpaired) electrons. The number of hydrogen-bond donors (Lipinski definition) is 1. The summed E-state index contributed by atoms with van der Waals surface area (Å²) in [6.07, 6.45) is 0.